The summed E-state index contributed by atoms with van der Waals surface area (Å²) in [5, 5.41) is 37.2. The average Bonchev–Trinajstić information content (AvgIpc) is 3.43. The molecule has 7 rings (SSSR count). The van der Waals surface area contributed by atoms with Crippen molar-refractivity contribution in [1.29, 1.82) is 0 Å². The lowest BCUT2D eigenvalue weighted by Crippen LogP contribution is -2.81. The van der Waals surface area contributed by atoms with Gasteiger partial charge in [-0.15, -0.1) is 0 Å². The van der Waals surface area contributed by atoms with Crippen LogP contribution in [0, 0.1) is 34.5 Å². The summed E-state index contributed by atoms with van der Waals surface area (Å²) in [7, 11) is 9.61. The molecule has 6 aliphatic rings. The molecule has 6 fully saturated rings. The van der Waals surface area contributed by atoms with E-state index in [9.17, 15) is 20.1 Å². The predicted octanol–water partition coefficient (Wildman–Crippen LogP) is 0.740. The minimum Gasteiger partial charge on any atom is -0.497 e. The van der Waals surface area contributed by atoms with Crippen LogP contribution in [0.5, 0.6) is 5.75 Å². The lowest BCUT2D eigenvalue weighted by atomic mass is 9.42. The number of aliphatic hydroxyl groups is 3. The van der Waals surface area contributed by atoms with Crippen molar-refractivity contribution in [3.63, 3.8) is 0 Å². The van der Waals surface area contributed by atoms with Crippen LogP contribution in [0.3, 0.4) is 0 Å². The molecule has 0 amide bonds. The van der Waals surface area contributed by atoms with Crippen LogP contribution in [0.25, 0.3) is 0 Å². The molecule has 3 unspecified atom stereocenters. The number of likely N-dealkylation sites (tertiary alicyclic amines) is 1. The molecule has 1 spiro atoms. The highest BCUT2D eigenvalue weighted by Gasteiger charge is 2.91. The Bertz CT molecular complexity index is 1330. The standard InChI is InChI=1S/C34H49NO11/c1-8-35-15-31(16-40-2)20(36)13-21(42-4)33-19-14-32(39)28(46-30(38)17-9-11-18(41-3)12-10-17)22(19)34(45-7,27(37)29(32)44-6)23(26(33)35)24(43-5)25(31)33/h9-12,19-29,36-37,39H,8,13-16H2,1-7H3/t19-,20-,21+,22-,23?,24?,25-,26?,27+,28-,29+,31+,32-,33+,34-/m1/s1. The van der Waals surface area contributed by atoms with Gasteiger partial charge in [0.2, 0.25) is 0 Å². The molecule has 1 saturated heterocycles. The second kappa shape index (κ2) is 11.1. The van der Waals surface area contributed by atoms with Gasteiger partial charge in [-0.3, -0.25) is 4.90 Å². The number of fused-ring (bicyclic) bond motifs is 2. The summed E-state index contributed by atoms with van der Waals surface area (Å²) in [6.07, 6.45) is -4.57. The van der Waals surface area contributed by atoms with Gasteiger partial charge in [0.05, 0.1) is 37.6 Å². The van der Waals surface area contributed by atoms with Gasteiger partial charge >= 0.3 is 5.97 Å². The molecule has 46 heavy (non-hydrogen) atoms. The van der Waals surface area contributed by atoms with Crippen LogP contribution in [0.1, 0.15) is 30.1 Å². The summed E-state index contributed by atoms with van der Waals surface area (Å²) in [4.78, 5) is 16.2. The predicted molar refractivity (Wildman–Crippen MR) is 162 cm³/mol. The van der Waals surface area contributed by atoms with Crippen LogP contribution in [0.4, 0.5) is 0 Å². The first-order chi connectivity index (χ1) is 22.1. The number of benzene rings is 1. The maximum Gasteiger partial charge on any atom is 0.338 e. The monoisotopic (exact) mass is 647 g/mol. The second-order valence-electron chi connectivity index (χ2n) is 14.4. The minimum atomic E-state index is -1.74. The van der Waals surface area contributed by atoms with E-state index in [4.69, 9.17) is 33.2 Å². The first kappa shape index (κ1) is 32.7. The topological polar surface area (TPSA) is 146 Å². The van der Waals surface area contributed by atoms with Gasteiger partial charge in [-0.2, -0.15) is 0 Å². The van der Waals surface area contributed by atoms with Crippen molar-refractivity contribution in [1.82, 2.24) is 4.90 Å². The zero-order valence-corrected chi connectivity index (χ0v) is 27.8. The summed E-state index contributed by atoms with van der Waals surface area (Å²) in [6.45, 7) is 3.64. The Morgan fingerprint density at radius 2 is 1.70 bits per heavy atom. The molecule has 5 aliphatic carbocycles. The summed E-state index contributed by atoms with van der Waals surface area (Å²) >= 11 is 0. The molecular formula is C34H49NO11. The van der Waals surface area contributed by atoms with Gasteiger partial charge in [0, 0.05) is 83.1 Å². The van der Waals surface area contributed by atoms with Crippen LogP contribution < -0.4 is 4.74 Å². The second-order valence-corrected chi connectivity index (χ2v) is 14.4. The third kappa shape index (κ3) is 3.58. The fourth-order valence-electron chi connectivity index (χ4n) is 12.4. The number of carbonyl (C=O) groups is 1. The average molecular weight is 648 g/mol. The molecule has 0 aromatic heterocycles. The highest BCUT2D eigenvalue weighted by Crippen LogP contribution is 2.80. The Labute approximate surface area is 270 Å². The van der Waals surface area contributed by atoms with Gasteiger partial charge < -0.3 is 48.5 Å². The fourth-order valence-corrected chi connectivity index (χ4v) is 12.4. The molecule has 1 aliphatic heterocycles. The quantitative estimate of drug-likeness (QED) is 0.308. The fraction of sp³-hybridized carbons (Fsp3) is 0.794. The molecule has 1 heterocycles. The Morgan fingerprint density at radius 1 is 0.978 bits per heavy atom. The maximum absolute atomic E-state index is 13.8. The molecule has 12 nitrogen and oxygen atoms in total. The van der Waals surface area contributed by atoms with Crippen LogP contribution >= 0.6 is 0 Å². The van der Waals surface area contributed by atoms with E-state index >= 15 is 0 Å². The van der Waals surface area contributed by atoms with Crippen LogP contribution in [-0.2, 0) is 28.4 Å². The maximum atomic E-state index is 13.8. The third-order valence-corrected chi connectivity index (χ3v) is 13.5. The van der Waals surface area contributed by atoms with Crippen LogP contribution in [0.15, 0.2) is 24.3 Å². The van der Waals surface area contributed by atoms with Crippen molar-refractivity contribution in [2.75, 3.05) is 62.4 Å². The molecule has 0 radical (unpaired) electrons. The smallest absolute Gasteiger partial charge is 0.338 e. The number of ether oxygens (including phenoxy) is 7. The van der Waals surface area contributed by atoms with Crippen molar-refractivity contribution in [3.8, 4) is 5.75 Å². The number of aliphatic hydroxyl groups excluding tert-OH is 2. The van der Waals surface area contributed by atoms with E-state index in [0.29, 0.717) is 37.4 Å². The lowest BCUT2D eigenvalue weighted by molar-refractivity contribution is -0.325. The number of carbonyl (C=O) groups excluding carboxylic acids is 1. The van der Waals surface area contributed by atoms with Gasteiger partial charge in [-0.05, 0) is 43.1 Å². The van der Waals surface area contributed by atoms with E-state index < -0.39 is 76.5 Å². The molecule has 3 N–H and O–H groups in total. The highest BCUT2D eigenvalue weighted by molar-refractivity contribution is 5.89. The van der Waals surface area contributed by atoms with E-state index in [2.05, 4.69) is 11.8 Å². The zero-order valence-electron chi connectivity index (χ0n) is 27.8. The van der Waals surface area contributed by atoms with Crippen molar-refractivity contribution in [2.24, 2.45) is 34.5 Å². The highest BCUT2D eigenvalue weighted by atomic mass is 16.6. The molecule has 1 aromatic carbocycles. The largest absolute Gasteiger partial charge is 0.497 e. The Balaban J connectivity index is 1.47. The molecule has 15 atom stereocenters. The number of esters is 1. The molecule has 7 bridgehead atoms. The summed E-state index contributed by atoms with van der Waals surface area (Å²) in [5.41, 5.74) is -4.16. The molecule has 5 saturated carbocycles. The zero-order chi connectivity index (χ0) is 33.0. The third-order valence-electron chi connectivity index (χ3n) is 13.5. The number of piperidine rings is 1. The number of nitrogens with zero attached hydrogens (tertiary/aromatic N) is 1. The van der Waals surface area contributed by atoms with Crippen molar-refractivity contribution < 1.29 is 53.3 Å². The Hall–Kier alpha value is -1.87. The molecule has 1 aromatic rings. The van der Waals surface area contributed by atoms with Crippen molar-refractivity contribution in [2.45, 2.75) is 73.6 Å². The Morgan fingerprint density at radius 3 is 2.26 bits per heavy atom. The summed E-state index contributed by atoms with van der Waals surface area (Å²) in [6, 6.07) is 6.43. The number of hydrogen-bond donors (Lipinski definition) is 3. The van der Waals surface area contributed by atoms with Gasteiger partial charge in [0.15, 0.2) is 0 Å². The van der Waals surface area contributed by atoms with Crippen molar-refractivity contribution in [3.05, 3.63) is 29.8 Å². The van der Waals surface area contributed by atoms with E-state index in [1.807, 2.05) is 0 Å². The van der Waals surface area contributed by atoms with Crippen LogP contribution in [-0.4, -0.2) is 142 Å². The van der Waals surface area contributed by atoms with E-state index in [1.165, 1.54) is 7.11 Å². The van der Waals surface area contributed by atoms with Gasteiger partial charge in [0.25, 0.3) is 0 Å². The molecular weight excluding hydrogens is 598 g/mol. The lowest BCUT2D eigenvalue weighted by Gasteiger charge is -2.70. The first-order valence-corrected chi connectivity index (χ1v) is 16.4. The van der Waals surface area contributed by atoms with Gasteiger partial charge in [0.1, 0.15) is 35.3 Å². The van der Waals surface area contributed by atoms with Crippen LogP contribution in [0.2, 0.25) is 0 Å². The van der Waals surface area contributed by atoms with Gasteiger partial charge in [-0.1, -0.05) is 6.92 Å². The molecule has 256 valence electrons. The summed E-state index contributed by atoms with van der Waals surface area (Å²) < 4.78 is 43.0. The number of methoxy groups -OCH3 is 6. The normalized spacial score (nSPS) is 50.0. The number of hydrogen-bond acceptors (Lipinski definition) is 12. The first-order valence-electron chi connectivity index (χ1n) is 16.4. The van der Waals surface area contributed by atoms with E-state index in [-0.39, 0.29) is 24.3 Å². The van der Waals surface area contributed by atoms with Crippen molar-refractivity contribution >= 4 is 5.97 Å². The minimum absolute atomic E-state index is 0.172. The number of rotatable bonds is 10. The Kier molecular flexibility index (Phi) is 7.87. The van der Waals surface area contributed by atoms with E-state index in [1.54, 1.807) is 59.8 Å². The molecule has 12 heteroatoms. The van der Waals surface area contributed by atoms with Gasteiger partial charge in [-0.25, -0.2) is 4.79 Å². The SMILES string of the molecule is CCN1C[C@]2(COC)[C@H](O)C[C@H](OC)[C@]34C1C(C(OC)[C@H]23)[C@]1(OC)[C@H]2[C@@H](OC(=O)c3ccc(OC)cc3)[C@](O)(C[C@H]24)[C@@H](OC)[C@@H]1O. The summed E-state index contributed by atoms with van der Waals surface area (Å²) in [5.74, 6) is -1.73. The van der Waals surface area contributed by atoms with E-state index in [0.717, 1.165) is 0 Å².